The van der Waals surface area contributed by atoms with Gasteiger partial charge in [0, 0.05) is 49.1 Å². The molecule has 5 nitrogen and oxygen atoms in total. The van der Waals surface area contributed by atoms with Crippen LogP contribution in [0.25, 0.3) is 126 Å². The molecule has 278 valence electrons. The first-order chi connectivity index (χ1) is 29.8. The molecule has 0 saturated carbocycles. The number of benzene rings is 9. The van der Waals surface area contributed by atoms with Gasteiger partial charge in [0.15, 0.2) is 5.58 Å². The molecule has 0 saturated heterocycles. The summed E-state index contributed by atoms with van der Waals surface area (Å²) < 4.78 is 13.9. The van der Waals surface area contributed by atoms with Crippen LogP contribution in [0.5, 0.6) is 0 Å². The van der Waals surface area contributed by atoms with Gasteiger partial charge in [0.05, 0.1) is 33.1 Å². The second-order valence-corrected chi connectivity index (χ2v) is 15.9. The Kier molecular flexibility index (Phi) is 6.23. The lowest BCUT2D eigenvalue weighted by molar-refractivity contribution is 0.672. The fourth-order valence-electron chi connectivity index (χ4n) is 10.2. The van der Waals surface area contributed by atoms with Crippen molar-refractivity contribution < 1.29 is 4.42 Å². The van der Waals surface area contributed by atoms with Crippen molar-refractivity contribution in [3.8, 4) is 22.5 Å². The Hall–Kier alpha value is -8.15. The maximum absolute atomic E-state index is 6.79. The average Bonchev–Trinajstić information content (AvgIpc) is 4.07. The van der Waals surface area contributed by atoms with E-state index in [0.29, 0.717) is 0 Å². The smallest absolute Gasteiger partial charge is 0.160 e. The van der Waals surface area contributed by atoms with E-state index in [2.05, 4.69) is 208 Å². The Labute approximate surface area is 342 Å². The fourth-order valence-corrected chi connectivity index (χ4v) is 10.2. The highest BCUT2D eigenvalue weighted by atomic mass is 16.3. The van der Waals surface area contributed by atoms with E-state index in [1.165, 1.54) is 54.5 Å². The molecule has 5 aromatic heterocycles. The first-order valence-corrected chi connectivity index (χ1v) is 20.5. The zero-order valence-electron chi connectivity index (χ0n) is 32.2. The van der Waals surface area contributed by atoms with Gasteiger partial charge >= 0.3 is 0 Å². The van der Waals surface area contributed by atoms with Gasteiger partial charge in [-0.15, -0.1) is 0 Å². The van der Waals surface area contributed by atoms with Crippen LogP contribution in [0.15, 0.2) is 199 Å². The average molecular weight is 765 g/mol. The molecule has 9 aromatic carbocycles. The molecular weight excluding hydrogens is 733 g/mol. The van der Waals surface area contributed by atoms with E-state index < -0.39 is 0 Å². The van der Waals surface area contributed by atoms with Crippen molar-refractivity contribution in [2.75, 3.05) is 0 Å². The summed E-state index contributed by atoms with van der Waals surface area (Å²) in [6.45, 7) is 0. The maximum Gasteiger partial charge on any atom is 0.160 e. The zero-order valence-corrected chi connectivity index (χ0v) is 32.2. The third-order valence-electron chi connectivity index (χ3n) is 12.8. The summed E-state index contributed by atoms with van der Waals surface area (Å²) in [5, 5.41) is 10.6. The molecule has 0 fully saturated rings. The summed E-state index contributed by atoms with van der Waals surface area (Å²) in [6.07, 6.45) is 0. The lowest BCUT2D eigenvalue weighted by Gasteiger charge is -2.10. The minimum Gasteiger partial charge on any atom is -0.454 e. The van der Waals surface area contributed by atoms with E-state index in [-0.39, 0.29) is 0 Å². The Morgan fingerprint density at radius 2 is 1.02 bits per heavy atom. The van der Waals surface area contributed by atoms with E-state index in [0.717, 1.165) is 71.9 Å². The second-order valence-electron chi connectivity index (χ2n) is 15.9. The first-order valence-electron chi connectivity index (χ1n) is 20.5. The summed E-state index contributed by atoms with van der Waals surface area (Å²) in [5.41, 5.74) is 15.1. The lowest BCUT2D eigenvalue weighted by atomic mass is 9.99. The van der Waals surface area contributed by atoms with E-state index in [1.54, 1.807) is 0 Å². The van der Waals surface area contributed by atoms with E-state index in [1.807, 2.05) is 0 Å². The van der Waals surface area contributed by atoms with Gasteiger partial charge in [-0.25, -0.2) is 4.98 Å². The van der Waals surface area contributed by atoms with Gasteiger partial charge in [-0.2, -0.15) is 0 Å². The van der Waals surface area contributed by atoms with Crippen LogP contribution in [0.3, 0.4) is 0 Å². The van der Waals surface area contributed by atoms with Gasteiger partial charge in [-0.3, -0.25) is 4.40 Å². The molecule has 0 unspecified atom stereocenters. The fraction of sp³-hybridized carbons (Fsp3) is 0. The van der Waals surface area contributed by atoms with Gasteiger partial charge < -0.3 is 13.6 Å². The van der Waals surface area contributed by atoms with Gasteiger partial charge in [0.1, 0.15) is 16.7 Å². The summed E-state index contributed by atoms with van der Waals surface area (Å²) in [4.78, 5) is 5.16. The van der Waals surface area contributed by atoms with Crippen LogP contribution >= 0.6 is 0 Å². The normalized spacial score (nSPS) is 12.3. The highest BCUT2D eigenvalue weighted by molar-refractivity contribution is 6.23. The molecule has 0 N–H and O–H groups in total. The molecule has 14 rings (SSSR count). The largest absolute Gasteiger partial charge is 0.454 e. The quantitative estimate of drug-likeness (QED) is 0.180. The topological polar surface area (TPSA) is 40.3 Å². The highest BCUT2D eigenvalue weighted by Crippen LogP contribution is 2.43. The Balaban J connectivity index is 1.03. The number of furan rings is 1. The lowest BCUT2D eigenvalue weighted by Crippen LogP contribution is -1.94. The number of fused-ring (bicyclic) bond motifs is 18. The molecule has 5 heteroatoms. The molecule has 0 aliphatic carbocycles. The predicted octanol–water partition coefficient (Wildman–Crippen LogP) is 14.6. The third-order valence-corrected chi connectivity index (χ3v) is 12.8. The number of imidazole rings is 1. The molecule has 0 radical (unpaired) electrons. The number of aromatic nitrogens is 4. The molecule has 14 aromatic rings. The van der Waals surface area contributed by atoms with Crippen LogP contribution in [0.1, 0.15) is 0 Å². The minimum absolute atomic E-state index is 0.849. The number of nitrogens with zero attached hydrogens (tertiary/aromatic N) is 4. The Morgan fingerprint density at radius 3 is 1.87 bits per heavy atom. The predicted molar refractivity (Wildman–Crippen MR) is 249 cm³/mol. The molecule has 0 amide bonds. The molecule has 0 spiro atoms. The van der Waals surface area contributed by atoms with Crippen LogP contribution in [0, 0.1) is 0 Å². The Morgan fingerprint density at radius 1 is 0.383 bits per heavy atom. The molecule has 0 atom stereocenters. The van der Waals surface area contributed by atoms with Gasteiger partial charge in [0.2, 0.25) is 0 Å². The summed E-state index contributed by atoms with van der Waals surface area (Å²) in [5.74, 6) is 0. The van der Waals surface area contributed by atoms with Crippen LogP contribution < -0.4 is 0 Å². The molecule has 5 heterocycles. The van der Waals surface area contributed by atoms with Crippen LogP contribution in [-0.4, -0.2) is 18.5 Å². The summed E-state index contributed by atoms with van der Waals surface area (Å²) in [6, 6.07) is 70.1. The van der Waals surface area contributed by atoms with Crippen molar-refractivity contribution in [2.45, 2.75) is 0 Å². The molecule has 0 aliphatic rings. The standard InChI is InChI=1S/C55H32N4O/c1-2-13-36(14-3-1)57-46-20-10-8-16-39(46)42-30-34(23-26-47(42)57)35-24-27-48-43(31-35)52-38-15-5-4-12-33(38)22-28-50(52)58(48)37-25-29-51-44(32-37)53-54(60-51)40-17-6-7-18-41(40)55-56-45-19-9-11-21-49(45)59(53)55/h1-32H. The van der Waals surface area contributed by atoms with E-state index in [4.69, 9.17) is 9.40 Å². The number of hydrogen-bond donors (Lipinski definition) is 0. The number of rotatable bonds is 3. The van der Waals surface area contributed by atoms with Crippen LogP contribution in [-0.2, 0) is 0 Å². The first kappa shape index (κ1) is 31.9. The van der Waals surface area contributed by atoms with Gasteiger partial charge in [-0.1, -0.05) is 115 Å². The monoisotopic (exact) mass is 764 g/mol. The molecular formula is C55H32N4O. The summed E-state index contributed by atoms with van der Waals surface area (Å²) in [7, 11) is 0. The van der Waals surface area contributed by atoms with Crippen LogP contribution in [0.2, 0.25) is 0 Å². The van der Waals surface area contributed by atoms with Crippen molar-refractivity contribution in [2.24, 2.45) is 0 Å². The van der Waals surface area contributed by atoms with Crippen molar-refractivity contribution in [1.29, 1.82) is 0 Å². The minimum atomic E-state index is 0.849. The summed E-state index contributed by atoms with van der Waals surface area (Å²) >= 11 is 0. The number of para-hydroxylation sites is 4. The number of hydrogen-bond acceptors (Lipinski definition) is 2. The Bertz CT molecular complexity index is 4120. The molecule has 0 bridgehead atoms. The van der Waals surface area contributed by atoms with Gasteiger partial charge in [-0.05, 0) is 101 Å². The van der Waals surface area contributed by atoms with Crippen molar-refractivity contribution in [3.63, 3.8) is 0 Å². The maximum atomic E-state index is 6.79. The van der Waals surface area contributed by atoms with Crippen molar-refractivity contribution in [3.05, 3.63) is 194 Å². The number of pyridine rings is 1. The zero-order chi connectivity index (χ0) is 39.1. The molecule has 60 heavy (non-hydrogen) atoms. The highest BCUT2D eigenvalue weighted by Gasteiger charge is 2.22. The SMILES string of the molecule is c1ccc(-n2c3ccccc3c3cc(-c4ccc5c(c4)c4c6ccccc6ccc4n5-c4ccc5oc6c7ccccc7c7nc8ccccc8n7c6c5c4)ccc32)cc1. The van der Waals surface area contributed by atoms with E-state index >= 15 is 0 Å². The van der Waals surface area contributed by atoms with Gasteiger partial charge in [0.25, 0.3) is 0 Å². The molecule has 0 aliphatic heterocycles. The van der Waals surface area contributed by atoms with Crippen LogP contribution in [0.4, 0.5) is 0 Å². The third kappa shape index (κ3) is 4.22. The van der Waals surface area contributed by atoms with Crippen molar-refractivity contribution >= 4 is 104 Å². The van der Waals surface area contributed by atoms with Crippen molar-refractivity contribution in [1.82, 2.24) is 18.5 Å². The van der Waals surface area contributed by atoms with E-state index in [9.17, 15) is 0 Å². The second kappa shape index (κ2) is 11.7.